The Hall–Kier alpha value is -2.65. The molecule has 1 aliphatic heterocycles. The maximum absolute atomic E-state index is 12.7. The van der Waals surface area contributed by atoms with Gasteiger partial charge in [-0.1, -0.05) is 126 Å². The molecule has 12 nitrogen and oxygen atoms in total. The third-order valence-electron chi connectivity index (χ3n) is 8.66. The number of unbranched alkanes of at least 4 members (excludes halogenated alkanes) is 11. The molecule has 4 N–H and O–H groups in total. The molecule has 54 heavy (non-hydrogen) atoms. The van der Waals surface area contributed by atoms with Crippen molar-refractivity contribution < 1.29 is 56.8 Å². The molecule has 1 fully saturated rings. The fourth-order valence-corrected chi connectivity index (χ4v) is 6.24. The van der Waals surface area contributed by atoms with E-state index in [1.807, 2.05) is 36.5 Å². The highest BCUT2D eigenvalue weighted by Crippen LogP contribution is 2.23. The highest BCUT2D eigenvalue weighted by molar-refractivity contribution is 7.85. The quantitative estimate of drug-likeness (QED) is 0.0186. The lowest BCUT2D eigenvalue weighted by Crippen LogP contribution is -2.60. The van der Waals surface area contributed by atoms with Crippen molar-refractivity contribution in [1.82, 2.24) is 0 Å². The molecule has 0 radical (unpaired) electrons. The van der Waals surface area contributed by atoms with Gasteiger partial charge >= 0.3 is 11.9 Å². The third kappa shape index (κ3) is 26.2. The van der Waals surface area contributed by atoms with E-state index in [0.717, 1.165) is 51.4 Å². The van der Waals surface area contributed by atoms with E-state index in [1.165, 1.54) is 38.5 Å². The minimum absolute atomic E-state index is 0.0507. The van der Waals surface area contributed by atoms with Crippen LogP contribution >= 0.6 is 0 Å². The fraction of sp³-hybridized carbons (Fsp3) is 0.707. The average molecular weight is 785 g/mol. The topological polar surface area (TPSA) is 186 Å². The van der Waals surface area contributed by atoms with Gasteiger partial charge in [0.05, 0.1) is 6.61 Å². The molecule has 310 valence electrons. The summed E-state index contributed by atoms with van der Waals surface area (Å²) in [5.41, 5.74) is 0. The molecule has 1 saturated heterocycles. The summed E-state index contributed by atoms with van der Waals surface area (Å²) in [6.45, 7) is 3.51. The highest BCUT2D eigenvalue weighted by Gasteiger charge is 2.46. The number of esters is 2. The Kier molecular flexibility index (Phi) is 28.8. The van der Waals surface area contributed by atoms with Crippen LogP contribution in [0, 0.1) is 0 Å². The predicted molar refractivity (Wildman–Crippen MR) is 210 cm³/mol. The molecule has 0 bridgehead atoms. The van der Waals surface area contributed by atoms with E-state index in [9.17, 15) is 37.9 Å². The third-order valence-corrected chi connectivity index (χ3v) is 9.41. The van der Waals surface area contributed by atoms with Gasteiger partial charge in [-0.3, -0.25) is 14.1 Å². The number of hydrogen-bond donors (Lipinski definition) is 4. The first kappa shape index (κ1) is 49.4. The number of allylic oxidation sites excluding steroid dienone is 10. The normalized spacial score (nSPS) is 21.6. The first-order valence-electron chi connectivity index (χ1n) is 19.9. The standard InChI is InChI=1S/C41H68O12S/c1-3-5-7-9-11-13-15-17-19-21-23-25-27-29-36(42)50-31-34(32-51-41-40(46)39(45)38(44)35(53-41)33-54(47,48)49)52-37(43)30-28-26-24-22-20-18-16-14-12-10-8-6-4-2/h5,7,9,11,13,15,18,20,24,26,34-35,38-41,44-46H,3-4,6,8,10,12,14,16-17,19,21-23,25,27-33H2,1-2H3,(H,47,48,49)/b7-5+,11-9+,15-13+,20-18+,26-24+/t34?,35-,38-,39?,40?,41+/m0/s1. The summed E-state index contributed by atoms with van der Waals surface area (Å²) in [5, 5.41) is 30.7. The Morgan fingerprint density at radius 3 is 1.94 bits per heavy atom. The number of hydrogen-bond acceptors (Lipinski definition) is 11. The van der Waals surface area contributed by atoms with Gasteiger partial charge in [0, 0.05) is 12.8 Å². The number of ether oxygens (including phenoxy) is 4. The largest absolute Gasteiger partial charge is 0.462 e. The average Bonchev–Trinajstić information content (AvgIpc) is 3.13. The highest BCUT2D eigenvalue weighted by atomic mass is 32.2. The van der Waals surface area contributed by atoms with Gasteiger partial charge in [0.1, 0.15) is 36.8 Å². The molecule has 13 heteroatoms. The zero-order valence-corrected chi connectivity index (χ0v) is 33.4. The van der Waals surface area contributed by atoms with Crippen LogP contribution in [0.3, 0.4) is 0 Å². The van der Waals surface area contributed by atoms with Crippen LogP contribution in [0.4, 0.5) is 0 Å². The maximum atomic E-state index is 12.7. The smallest absolute Gasteiger partial charge is 0.306 e. The minimum Gasteiger partial charge on any atom is -0.462 e. The lowest BCUT2D eigenvalue weighted by Gasteiger charge is -2.40. The van der Waals surface area contributed by atoms with Crippen molar-refractivity contribution in [2.75, 3.05) is 19.0 Å². The van der Waals surface area contributed by atoms with Crippen LogP contribution in [0.1, 0.15) is 129 Å². The molecule has 0 aromatic rings. The van der Waals surface area contributed by atoms with Crippen LogP contribution in [0.2, 0.25) is 0 Å². The Balaban J connectivity index is 2.57. The van der Waals surface area contributed by atoms with E-state index >= 15 is 0 Å². The van der Waals surface area contributed by atoms with Crippen LogP contribution in [-0.4, -0.2) is 96.0 Å². The van der Waals surface area contributed by atoms with Crippen LogP contribution in [-0.2, 0) is 38.7 Å². The summed E-state index contributed by atoms with van der Waals surface area (Å²) in [7, 11) is -4.61. The fourth-order valence-electron chi connectivity index (χ4n) is 5.55. The Morgan fingerprint density at radius 2 is 1.28 bits per heavy atom. The van der Waals surface area contributed by atoms with E-state index in [1.54, 1.807) is 0 Å². The van der Waals surface area contributed by atoms with E-state index in [-0.39, 0.29) is 19.4 Å². The lowest BCUT2D eigenvalue weighted by atomic mass is 10.00. The van der Waals surface area contributed by atoms with E-state index in [4.69, 9.17) is 18.9 Å². The van der Waals surface area contributed by atoms with Gasteiger partial charge in [0.15, 0.2) is 12.4 Å². The second-order valence-electron chi connectivity index (χ2n) is 13.6. The molecular formula is C41H68O12S. The molecule has 0 aromatic carbocycles. The molecule has 0 aliphatic carbocycles. The lowest BCUT2D eigenvalue weighted by molar-refractivity contribution is -0.297. The SMILES string of the molecule is CC/C=C/C=C/C=C/CCCCCCCC(=O)OCC(CO[C@@H]1O[C@@H](CS(=O)(=O)O)[C@H](O)C(O)C1O)OC(=O)CC/C=C/C/C=C/CCCCCCCC. The maximum Gasteiger partial charge on any atom is 0.306 e. The zero-order chi connectivity index (χ0) is 39.9. The second kappa shape index (κ2) is 31.5. The van der Waals surface area contributed by atoms with Crippen LogP contribution in [0.5, 0.6) is 0 Å². The first-order valence-corrected chi connectivity index (χ1v) is 21.5. The predicted octanol–water partition coefficient (Wildman–Crippen LogP) is 7.00. The molecule has 0 aromatic heterocycles. The number of carbonyl (C=O) groups excluding carboxylic acids is 2. The molecule has 0 spiro atoms. The van der Waals surface area contributed by atoms with Gasteiger partial charge in [0.25, 0.3) is 10.1 Å². The number of rotatable bonds is 31. The molecule has 6 atom stereocenters. The van der Waals surface area contributed by atoms with Gasteiger partial charge in [-0.25, -0.2) is 0 Å². The Labute approximate surface area is 324 Å². The summed E-state index contributed by atoms with van der Waals surface area (Å²) in [5.74, 6) is -2.11. The first-order chi connectivity index (χ1) is 26.0. The molecule has 1 rings (SSSR count). The summed E-state index contributed by atoms with van der Waals surface area (Å²) in [4.78, 5) is 25.2. The van der Waals surface area contributed by atoms with Crippen molar-refractivity contribution in [1.29, 1.82) is 0 Å². The van der Waals surface area contributed by atoms with Gasteiger partial charge in [-0.05, 0) is 51.4 Å². The van der Waals surface area contributed by atoms with Crippen molar-refractivity contribution in [2.24, 2.45) is 0 Å². The number of carbonyl (C=O) groups is 2. The summed E-state index contributed by atoms with van der Waals surface area (Å²) >= 11 is 0. The van der Waals surface area contributed by atoms with Crippen molar-refractivity contribution >= 4 is 22.1 Å². The van der Waals surface area contributed by atoms with Crippen molar-refractivity contribution in [3.63, 3.8) is 0 Å². The van der Waals surface area contributed by atoms with Crippen molar-refractivity contribution in [3.05, 3.63) is 60.8 Å². The van der Waals surface area contributed by atoms with Crippen LogP contribution in [0.25, 0.3) is 0 Å². The van der Waals surface area contributed by atoms with Crippen LogP contribution < -0.4 is 0 Å². The zero-order valence-electron chi connectivity index (χ0n) is 32.5. The molecule has 3 unspecified atom stereocenters. The summed E-state index contributed by atoms with van der Waals surface area (Å²) in [6, 6.07) is 0. The van der Waals surface area contributed by atoms with Crippen LogP contribution in [0.15, 0.2) is 60.8 Å². The van der Waals surface area contributed by atoms with E-state index < -0.39 is 71.2 Å². The monoisotopic (exact) mass is 784 g/mol. The summed E-state index contributed by atoms with van der Waals surface area (Å²) in [6.07, 6.45) is 27.2. The van der Waals surface area contributed by atoms with Gasteiger partial charge < -0.3 is 34.3 Å². The molecule has 1 aliphatic rings. The molecular weight excluding hydrogens is 717 g/mol. The Morgan fingerprint density at radius 1 is 0.667 bits per heavy atom. The van der Waals surface area contributed by atoms with E-state index in [0.29, 0.717) is 12.8 Å². The van der Waals surface area contributed by atoms with Crippen molar-refractivity contribution in [2.45, 2.75) is 166 Å². The molecule has 0 saturated carbocycles. The van der Waals surface area contributed by atoms with Gasteiger partial charge in [0.2, 0.25) is 0 Å². The molecule has 1 heterocycles. The van der Waals surface area contributed by atoms with Gasteiger partial charge in [-0.2, -0.15) is 8.42 Å². The van der Waals surface area contributed by atoms with E-state index in [2.05, 4.69) is 38.2 Å². The number of aliphatic hydroxyl groups is 3. The summed E-state index contributed by atoms with van der Waals surface area (Å²) < 4.78 is 53.7. The minimum atomic E-state index is -4.61. The Bertz CT molecular complexity index is 1240. The molecule has 0 amide bonds. The van der Waals surface area contributed by atoms with Crippen molar-refractivity contribution in [3.8, 4) is 0 Å². The van der Waals surface area contributed by atoms with Gasteiger partial charge in [-0.15, -0.1) is 0 Å². The second-order valence-corrected chi connectivity index (χ2v) is 15.1. The number of aliphatic hydroxyl groups excluding tert-OH is 3.